The van der Waals surface area contributed by atoms with E-state index in [1.807, 2.05) is 0 Å². The molecule has 0 spiro atoms. The number of aromatic hydroxyl groups is 1. The van der Waals surface area contributed by atoms with Crippen LogP contribution < -0.4 is 10.4 Å². The molecule has 0 atom stereocenters. The van der Waals surface area contributed by atoms with Crippen LogP contribution in [0.4, 0.5) is 5.69 Å². The van der Waals surface area contributed by atoms with Gasteiger partial charge in [0.05, 0.1) is 16.1 Å². The Morgan fingerprint density at radius 2 is 1.84 bits per heavy atom. The number of para-hydroxylation sites is 1. The van der Waals surface area contributed by atoms with E-state index in [4.69, 9.17) is 13.6 Å². The van der Waals surface area contributed by atoms with Crippen LogP contribution in [0, 0.1) is 30.9 Å². The minimum absolute atomic E-state index is 0.0357. The van der Waals surface area contributed by atoms with E-state index < -0.39 is 10.5 Å². The molecule has 0 saturated heterocycles. The molecule has 0 fully saturated rings. The average molecular weight is 421 g/mol. The van der Waals surface area contributed by atoms with Crippen LogP contribution in [-0.4, -0.2) is 10.0 Å². The van der Waals surface area contributed by atoms with E-state index in [-0.39, 0.29) is 29.4 Å². The van der Waals surface area contributed by atoms with Crippen molar-refractivity contribution in [2.45, 2.75) is 27.4 Å². The molecule has 0 unspecified atom stereocenters. The summed E-state index contributed by atoms with van der Waals surface area (Å²) in [5, 5.41) is 22.2. The molecule has 4 aromatic rings. The van der Waals surface area contributed by atoms with Gasteiger partial charge >= 0.3 is 5.63 Å². The van der Waals surface area contributed by atoms with Gasteiger partial charge in [0, 0.05) is 16.5 Å². The second-order valence-electron chi connectivity index (χ2n) is 7.26. The van der Waals surface area contributed by atoms with Crippen molar-refractivity contribution in [2.24, 2.45) is 0 Å². The van der Waals surface area contributed by atoms with Gasteiger partial charge in [0.2, 0.25) is 0 Å². The van der Waals surface area contributed by atoms with Crippen molar-refractivity contribution in [1.82, 2.24) is 0 Å². The molecule has 0 aliphatic heterocycles. The van der Waals surface area contributed by atoms with Gasteiger partial charge in [0.15, 0.2) is 11.5 Å². The highest BCUT2D eigenvalue weighted by atomic mass is 16.6. The molecule has 2 heterocycles. The van der Waals surface area contributed by atoms with Crippen molar-refractivity contribution < 1.29 is 23.6 Å². The molecule has 0 aliphatic carbocycles. The SMILES string of the molecule is Cc1cccc(COc2ccc3oc(-c4oc(=O)c(C)c(O)c4C)cc3c2)c1[N+](=O)[O-]. The van der Waals surface area contributed by atoms with Gasteiger partial charge < -0.3 is 18.7 Å². The summed E-state index contributed by atoms with van der Waals surface area (Å²) < 4.78 is 16.9. The van der Waals surface area contributed by atoms with Gasteiger partial charge in [-0.3, -0.25) is 10.1 Å². The number of ether oxygens (including phenoxy) is 1. The fourth-order valence-corrected chi connectivity index (χ4v) is 3.45. The number of benzene rings is 2. The zero-order chi connectivity index (χ0) is 22.3. The summed E-state index contributed by atoms with van der Waals surface area (Å²) in [5.74, 6) is 0.824. The lowest BCUT2D eigenvalue weighted by Crippen LogP contribution is -2.05. The number of rotatable bonds is 5. The molecule has 0 radical (unpaired) electrons. The second-order valence-corrected chi connectivity index (χ2v) is 7.26. The Balaban J connectivity index is 1.65. The zero-order valence-electron chi connectivity index (χ0n) is 17.1. The highest BCUT2D eigenvalue weighted by molar-refractivity contribution is 5.84. The number of nitro benzene ring substituents is 1. The number of furan rings is 1. The lowest BCUT2D eigenvalue weighted by Gasteiger charge is -2.08. The molecule has 1 N–H and O–H groups in total. The van der Waals surface area contributed by atoms with Crippen LogP contribution in [0.25, 0.3) is 22.5 Å². The topological polar surface area (TPSA) is 116 Å². The van der Waals surface area contributed by atoms with Gasteiger partial charge in [0.1, 0.15) is 23.7 Å². The molecule has 0 aliphatic rings. The van der Waals surface area contributed by atoms with E-state index in [9.17, 15) is 20.0 Å². The molecule has 8 heteroatoms. The van der Waals surface area contributed by atoms with Gasteiger partial charge in [0.25, 0.3) is 5.69 Å². The first-order valence-electron chi connectivity index (χ1n) is 9.49. The summed E-state index contributed by atoms with van der Waals surface area (Å²) in [6, 6.07) is 11.9. The smallest absolute Gasteiger partial charge is 0.343 e. The quantitative estimate of drug-likeness (QED) is 0.349. The van der Waals surface area contributed by atoms with Crippen molar-refractivity contribution in [1.29, 1.82) is 0 Å². The monoisotopic (exact) mass is 421 g/mol. The van der Waals surface area contributed by atoms with Crippen molar-refractivity contribution in [3.05, 3.63) is 85.3 Å². The number of hydrogen-bond acceptors (Lipinski definition) is 7. The third kappa shape index (κ3) is 3.63. The molecule has 2 aromatic carbocycles. The highest BCUT2D eigenvalue weighted by Gasteiger charge is 2.19. The van der Waals surface area contributed by atoms with Gasteiger partial charge in [-0.25, -0.2) is 4.79 Å². The minimum atomic E-state index is -0.637. The number of nitro groups is 1. The van der Waals surface area contributed by atoms with E-state index in [2.05, 4.69) is 0 Å². The standard InChI is InChI=1S/C23H19NO7/c1-12-5-4-6-15(20(12)24(27)28)11-29-17-7-8-18-16(9-17)10-19(30-18)22-13(2)21(25)14(3)23(26)31-22/h4-10,25H,11H2,1-3H3. The predicted octanol–water partition coefficient (Wildman–Crippen LogP) is 5.17. The first-order chi connectivity index (χ1) is 14.8. The summed E-state index contributed by atoms with van der Waals surface area (Å²) in [7, 11) is 0. The largest absolute Gasteiger partial charge is 0.507 e. The summed E-state index contributed by atoms with van der Waals surface area (Å²) in [6.07, 6.45) is 0. The molecule has 31 heavy (non-hydrogen) atoms. The number of hydrogen-bond donors (Lipinski definition) is 1. The van der Waals surface area contributed by atoms with E-state index >= 15 is 0 Å². The lowest BCUT2D eigenvalue weighted by molar-refractivity contribution is -0.386. The molecular formula is C23H19NO7. The van der Waals surface area contributed by atoms with Crippen molar-refractivity contribution >= 4 is 16.7 Å². The predicted molar refractivity (Wildman–Crippen MR) is 113 cm³/mol. The Hall–Kier alpha value is -4.07. The third-order valence-electron chi connectivity index (χ3n) is 5.16. The molecular weight excluding hydrogens is 402 g/mol. The maximum atomic E-state index is 11.9. The van der Waals surface area contributed by atoms with Crippen LogP contribution in [0.1, 0.15) is 22.3 Å². The van der Waals surface area contributed by atoms with Crippen LogP contribution in [0.15, 0.2) is 56.1 Å². The second kappa shape index (κ2) is 7.64. The van der Waals surface area contributed by atoms with Crippen molar-refractivity contribution in [2.75, 3.05) is 0 Å². The van der Waals surface area contributed by atoms with Crippen LogP contribution in [0.2, 0.25) is 0 Å². The van der Waals surface area contributed by atoms with Crippen LogP contribution in [0.3, 0.4) is 0 Å². The summed E-state index contributed by atoms with van der Waals surface area (Å²) in [5.41, 5.74) is 1.52. The van der Waals surface area contributed by atoms with E-state index in [0.717, 1.165) is 0 Å². The molecule has 0 saturated carbocycles. The Labute approximate surface area is 176 Å². The highest BCUT2D eigenvalue weighted by Crippen LogP contribution is 2.35. The fourth-order valence-electron chi connectivity index (χ4n) is 3.45. The van der Waals surface area contributed by atoms with E-state index in [1.165, 1.54) is 6.92 Å². The number of nitrogens with zero attached hydrogens (tertiary/aromatic N) is 1. The fraction of sp³-hybridized carbons (Fsp3) is 0.174. The first-order valence-corrected chi connectivity index (χ1v) is 9.49. The van der Waals surface area contributed by atoms with Crippen LogP contribution >= 0.6 is 0 Å². The molecule has 0 amide bonds. The van der Waals surface area contributed by atoms with Gasteiger partial charge in [-0.1, -0.05) is 12.1 Å². The maximum absolute atomic E-state index is 11.9. The zero-order valence-corrected chi connectivity index (χ0v) is 17.1. The Morgan fingerprint density at radius 3 is 2.58 bits per heavy atom. The molecule has 2 aromatic heterocycles. The lowest BCUT2D eigenvalue weighted by atomic mass is 10.1. The van der Waals surface area contributed by atoms with Gasteiger partial charge in [-0.05, 0) is 51.1 Å². The number of aryl methyl sites for hydroxylation is 1. The third-order valence-corrected chi connectivity index (χ3v) is 5.16. The van der Waals surface area contributed by atoms with E-state index in [1.54, 1.807) is 56.3 Å². The summed E-state index contributed by atoms with van der Waals surface area (Å²) in [4.78, 5) is 22.9. The average Bonchev–Trinajstić information content (AvgIpc) is 3.16. The van der Waals surface area contributed by atoms with Crippen LogP contribution in [0.5, 0.6) is 11.5 Å². The Kier molecular flexibility index (Phi) is 4.98. The first kappa shape index (κ1) is 20.2. The summed E-state index contributed by atoms with van der Waals surface area (Å²) in [6.45, 7) is 4.84. The Bertz CT molecular complexity index is 1380. The maximum Gasteiger partial charge on any atom is 0.343 e. The molecule has 8 nitrogen and oxygen atoms in total. The Morgan fingerprint density at radius 1 is 1.06 bits per heavy atom. The molecule has 4 rings (SSSR count). The summed E-state index contributed by atoms with van der Waals surface area (Å²) >= 11 is 0. The molecule has 0 bridgehead atoms. The van der Waals surface area contributed by atoms with Crippen molar-refractivity contribution in [3.8, 4) is 23.0 Å². The minimum Gasteiger partial charge on any atom is -0.507 e. The van der Waals surface area contributed by atoms with Crippen molar-refractivity contribution in [3.63, 3.8) is 0 Å². The number of fused-ring (bicyclic) bond motifs is 1. The van der Waals surface area contributed by atoms with Gasteiger partial charge in [-0.2, -0.15) is 0 Å². The normalized spacial score (nSPS) is 11.1. The molecule has 158 valence electrons. The van der Waals surface area contributed by atoms with Gasteiger partial charge in [-0.15, -0.1) is 0 Å². The van der Waals surface area contributed by atoms with Crippen LogP contribution in [-0.2, 0) is 6.61 Å². The van der Waals surface area contributed by atoms with E-state index in [0.29, 0.717) is 39.2 Å².